The van der Waals surface area contributed by atoms with Crippen molar-refractivity contribution in [1.82, 2.24) is 34.1 Å². The Morgan fingerprint density at radius 3 is 2.39 bits per heavy atom. The Hall–Kier alpha value is -2.78. The van der Waals surface area contributed by atoms with Gasteiger partial charge in [0.05, 0.1) is 31.6 Å². The van der Waals surface area contributed by atoms with Crippen LogP contribution >= 0.6 is 14.5 Å². The third kappa shape index (κ3) is 5.17. The van der Waals surface area contributed by atoms with Crippen LogP contribution in [0.2, 0.25) is 0 Å². The minimum absolute atomic E-state index is 0.0688. The predicted octanol–water partition coefficient (Wildman–Crippen LogP) is 0.0638. The Morgan fingerprint density at radius 1 is 0.909 bits per heavy atom. The van der Waals surface area contributed by atoms with E-state index in [1.807, 2.05) is 0 Å². The number of nitrogen functional groups attached to an aromatic ring is 2. The van der Waals surface area contributed by atoms with E-state index in [4.69, 9.17) is 50.8 Å². The molecule has 3 aliphatic rings. The molecule has 4 aromatic heterocycles. The van der Waals surface area contributed by atoms with E-state index in [-0.39, 0.29) is 33.8 Å². The average molecular weight is 675 g/mol. The highest BCUT2D eigenvalue weighted by Crippen LogP contribution is 2.54. The van der Waals surface area contributed by atoms with Crippen LogP contribution in [0.15, 0.2) is 31.2 Å². The molecular formula is C21H24FN9O10P2S. The zero-order chi connectivity index (χ0) is 31.0. The summed E-state index contributed by atoms with van der Waals surface area (Å²) in [5.74, 6) is 0.0688. The number of pyridine rings is 1. The Bertz CT molecular complexity index is 1830. The van der Waals surface area contributed by atoms with Crippen molar-refractivity contribution in [2.24, 2.45) is 0 Å². The maximum Gasteiger partial charge on any atom is 0.472 e. The lowest BCUT2D eigenvalue weighted by Crippen LogP contribution is -2.35. The van der Waals surface area contributed by atoms with Gasteiger partial charge in [0.1, 0.15) is 47.9 Å². The molecule has 19 nitrogen and oxygen atoms in total. The van der Waals surface area contributed by atoms with Crippen molar-refractivity contribution >= 4 is 60.2 Å². The number of anilines is 2. The van der Waals surface area contributed by atoms with Gasteiger partial charge in [-0.2, -0.15) is 0 Å². The van der Waals surface area contributed by atoms with E-state index in [1.54, 1.807) is 0 Å². The molecule has 0 radical (unpaired) electrons. The molecule has 0 saturated carbocycles. The molecule has 3 saturated heterocycles. The lowest BCUT2D eigenvalue weighted by molar-refractivity contribution is -0.0635. The van der Waals surface area contributed by atoms with Gasteiger partial charge in [-0.05, 0) is 17.9 Å². The van der Waals surface area contributed by atoms with Crippen LogP contribution in [0, 0.1) is 0 Å². The van der Waals surface area contributed by atoms with E-state index in [2.05, 4.69) is 24.9 Å². The maximum atomic E-state index is 15.9. The van der Waals surface area contributed by atoms with Crippen LogP contribution in [-0.2, 0) is 43.9 Å². The Labute approximate surface area is 250 Å². The average Bonchev–Trinajstić information content (AvgIpc) is 3.73. The molecule has 4 aromatic rings. The van der Waals surface area contributed by atoms with Gasteiger partial charge in [0.15, 0.2) is 35.7 Å². The number of phosphoric acid groups is 1. The summed E-state index contributed by atoms with van der Waals surface area (Å²) in [7, 11) is -5.04. The monoisotopic (exact) mass is 675 g/mol. The van der Waals surface area contributed by atoms with Crippen LogP contribution in [0.25, 0.3) is 22.3 Å². The van der Waals surface area contributed by atoms with Gasteiger partial charge >= 0.3 is 14.5 Å². The van der Waals surface area contributed by atoms with Crippen molar-refractivity contribution < 1.29 is 51.4 Å². The summed E-state index contributed by atoms with van der Waals surface area (Å²) in [5.41, 5.74) is 13.0. The fraction of sp³-hybridized carbons (Fsp3) is 0.476. The maximum absolute atomic E-state index is 15.9. The number of halogens is 1. The van der Waals surface area contributed by atoms with Crippen molar-refractivity contribution in [3.05, 3.63) is 31.2 Å². The second-order valence-electron chi connectivity index (χ2n) is 10.0. The molecule has 7 heterocycles. The molecule has 23 heteroatoms. The lowest BCUT2D eigenvalue weighted by atomic mass is 10.1. The normalized spacial score (nSPS) is 38.3. The topological polar surface area (TPSA) is 259 Å². The minimum Gasteiger partial charge on any atom is -0.397 e. The second kappa shape index (κ2) is 10.9. The zero-order valence-corrected chi connectivity index (χ0v) is 24.7. The van der Waals surface area contributed by atoms with Gasteiger partial charge in [-0.1, -0.05) is 0 Å². The number of hydrogen-bond acceptors (Lipinski definition) is 16. The number of hydrogen-bond donors (Lipinski definition) is 5. The van der Waals surface area contributed by atoms with Crippen LogP contribution in [0.3, 0.4) is 0 Å². The van der Waals surface area contributed by atoms with Crippen molar-refractivity contribution in [2.45, 2.75) is 49.1 Å². The number of aliphatic hydroxyl groups is 1. The molecule has 3 aliphatic heterocycles. The molecule has 0 amide bonds. The van der Waals surface area contributed by atoms with E-state index >= 15 is 4.39 Å². The minimum atomic E-state index is -5.04. The number of rotatable bonds is 2. The molecule has 10 atom stereocenters. The number of aliphatic hydroxyl groups excluding tert-OH is 1. The van der Waals surface area contributed by atoms with E-state index in [1.165, 1.54) is 40.4 Å². The first-order valence-corrected chi connectivity index (χ1v) is 17.0. The number of ether oxygens (including phenoxy) is 2. The van der Waals surface area contributed by atoms with Gasteiger partial charge in [-0.25, -0.2) is 33.9 Å². The van der Waals surface area contributed by atoms with Crippen LogP contribution in [0.1, 0.15) is 12.5 Å². The fourth-order valence-corrected chi connectivity index (χ4v) is 7.64. The highest BCUT2D eigenvalue weighted by Gasteiger charge is 2.54. The summed E-state index contributed by atoms with van der Waals surface area (Å²) in [6.07, 6.45) is -7.21. The number of nitrogens with two attached hydrogens (primary N) is 2. The van der Waals surface area contributed by atoms with Gasteiger partial charge in [-0.15, -0.1) is 0 Å². The Kier molecular flexibility index (Phi) is 7.43. The number of imidazole rings is 2. The standard InChI is InChI=1S/C21H24FN9O10P2S/c22-11-15-10(39-20(11)30-6-28-12-8(23)1-2-25-18(12)30)4-37-43(35,44)41-16-14(32)9(3-36-42(33,34)40-15)38-21(16)31-7-29-13-17(24)26-5-27-19(13)31/h1-2,5-7,9-11,14-16,20-21,32H,3-4H2,(H2,23,25)(H,33,34)(H,35,44)(H2,24,26,27)/t9-,10-,11?,14+,15+,16?,20-,21-,43?/m1/s1. The summed E-state index contributed by atoms with van der Waals surface area (Å²) >= 11 is 5.21. The van der Waals surface area contributed by atoms with Gasteiger partial charge in [0.25, 0.3) is 0 Å². The van der Waals surface area contributed by atoms with Gasteiger partial charge in [-0.3, -0.25) is 22.7 Å². The molecule has 0 aromatic carbocycles. The molecule has 3 fully saturated rings. The molecule has 2 bridgehead atoms. The van der Waals surface area contributed by atoms with E-state index in [0.717, 1.165) is 0 Å². The first-order chi connectivity index (χ1) is 20.9. The van der Waals surface area contributed by atoms with Gasteiger partial charge in [0.2, 0.25) is 0 Å². The predicted molar refractivity (Wildman–Crippen MR) is 148 cm³/mol. The number of fused-ring (bicyclic) bond motifs is 5. The van der Waals surface area contributed by atoms with Crippen molar-refractivity contribution in [2.75, 3.05) is 24.7 Å². The quantitative estimate of drug-likeness (QED) is 0.176. The number of alkyl halides is 1. The van der Waals surface area contributed by atoms with Crippen molar-refractivity contribution in [1.29, 1.82) is 0 Å². The van der Waals surface area contributed by atoms with Crippen LogP contribution in [0.4, 0.5) is 15.9 Å². The number of nitrogens with zero attached hydrogens (tertiary/aromatic N) is 7. The molecule has 7 rings (SSSR count). The molecule has 7 N–H and O–H groups in total. The smallest absolute Gasteiger partial charge is 0.397 e. The first kappa shape index (κ1) is 29.9. The van der Waals surface area contributed by atoms with E-state index < -0.39 is 76.9 Å². The Balaban J connectivity index is 1.20. The molecule has 44 heavy (non-hydrogen) atoms. The summed E-state index contributed by atoms with van der Waals surface area (Å²) in [4.78, 5) is 42.1. The summed E-state index contributed by atoms with van der Waals surface area (Å²) in [5, 5.41) is 11.1. The van der Waals surface area contributed by atoms with Crippen LogP contribution in [-0.4, -0.2) is 98.9 Å². The van der Waals surface area contributed by atoms with Crippen molar-refractivity contribution in [3.63, 3.8) is 0 Å². The summed E-state index contributed by atoms with van der Waals surface area (Å²) in [6, 6.07) is 1.51. The summed E-state index contributed by atoms with van der Waals surface area (Å²) < 4.78 is 64.9. The highest BCUT2D eigenvalue weighted by atomic mass is 32.5. The molecule has 4 unspecified atom stereocenters. The third-order valence-corrected chi connectivity index (χ3v) is 9.87. The largest absolute Gasteiger partial charge is 0.472 e. The molecular weight excluding hydrogens is 651 g/mol. The van der Waals surface area contributed by atoms with Crippen LogP contribution in [0.5, 0.6) is 0 Å². The number of aromatic nitrogens is 7. The SMILES string of the molecule is Nc1ncnc2c1ncn2[C@@H]1O[C@@H]2COP(=O)(O)O[C@@H]3C(F)[C@H](n4cnc5c(N)ccnc54)O[C@@H]3COP(O)(=S)OC1[C@H]2O. The van der Waals surface area contributed by atoms with Gasteiger partial charge < -0.3 is 40.4 Å². The lowest BCUT2D eigenvalue weighted by Gasteiger charge is -2.27. The molecule has 0 spiro atoms. The van der Waals surface area contributed by atoms with E-state index in [0.29, 0.717) is 0 Å². The molecule has 236 valence electrons. The number of phosphoric ester groups is 1. The molecule has 0 aliphatic carbocycles. The third-order valence-electron chi connectivity index (χ3n) is 7.32. The highest BCUT2D eigenvalue weighted by molar-refractivity contribution is 8.07. The van der Waals surface area contributed by atoms with Crippen LogP contribution < -0.4 is 11.5 Å². The second-order valence-corrected chi connectivity index (χ2v) is 14.2. The zero-order valence-electron chi connectivity index (χ0n) is 22.1. The van der Waals surface area contributed by atoms with E-state index in [9.17, 15) is 19.5 Å². The van der Waals surface area contributed by atoms with Crippen molar-refractivity contribution in [3.8, 4) is 0 Å². The Morgan fingerprint density at radius 2 is 1.59 bits per heavy atom. The summed E-state index contributed by atoms with van der Waals surface area (Å²) in [6.45, 7) is -5.63. The van der Waals surface area contributed by atoms with Gasteiger partial charge in [0, 0.05) is 6.20 Å². The first-order valence-electron chi connectivity index (χ1n) is 12.9. The fourth-order valence-electron chi connectivity index (χ4n) is 5.27.